The van der Waals surface area contributed by atoms with E-state index in [1.165, 1.54) is 0 Å². The Morgan fingerprint density at radius 1 is 1.11 bits per heavy atom. The van der Waals surface area contributed by atoms with Gasteiger partial charge in [-0.1, -0.05) is 37.3 Å². The first-order valence-electron chi connectivity index (χ1n) is 9.73. The van der Waals surface area contributed by atoms with E-state index >= 15 is 0 Å². The summed E-state index contributed by atoms with van der Waals surface area (Å²) in [5.41, 5.74) is 1.58. The lowest BCUT2D eigenvalue weighted by molar-refractivity contribution is 0.0684. The van der Waals surface area contributed by atoms with E-state index < -0.39 is 0 Å². The molecule has 2 heterocycles. The number of aromatic nitrogens is 2. The molecule has 0 radical (unpaired) electrons. The van der Waals surface area contributed by atoms with E-state index in [9.17, 15) is 4.79 Å². The van der Waals surface area contributed by atoms with Crippen molar-refractivity contribution < 1.29 is 4.79 Å². The van der Waals surface area contributed by atoms with Gasteiger partial charge < -0.3 is 14.7 Å². The summed E-state index contributed by atoms with van der Waals surface area (Å²) in [5, 5.41) is 0. The molecular weight excluding hydrogens is 338 g/mol. The number of hydrogen-bond acceptors (Lipinski definition) is 5. The van der Waals surface area contributed by atoms with Crippen LogP contribution >= 0.6 is 0 Å². The van der Waals surface area contributed by atoms with Crippen LogP contribution in [0.1, 0.15) is 36.8 Å². The Balaban J connectivity index is 1.75. The fraction of sp³-hybridized carbons (Fsp3) is 0.476. The van der Waals surface area contributed by atoms with Gasteiger partial charge in [-0.2, -0.15) is 0 Å². The fourth-order valence-corrected chi connectivity index (χ4v) is 3.30. The van der Waals surface area contributed by atoms with Crippen LogP contribution in [0.15, 0.2) is 42.6 Å². The number of likely N-dealkylation sites (N-methyl/N-ethyl adjacent to an activating group) is 1. The number of carbonyl (C=O) groups excluding carboxylic acids is 1. The minimum atomic E-state index is -0.0512. The Bertz CT molecular complexity index is 741. The molecule has 0 bridgehead atoms. The van der Waals surface area contributed by atoms with Crippen LogP contribution in [0.4, 0.5) is 5.95 Å². The van der Waals surface area contributed by atoms with Gasteiger partial charge in [-0.15, -0.1) is 0 Å². The van der Waals surface area contributed by atoms with E-state index in [-0.39, 0.29) is 11.9 Å². The number of amides is 1. The Kier molecular flexibility index (Phi) is 6.40. The Hall–Kier alpha value is -2.47. The predicted octanol–water partition coefficient (Wildman–Crippen LogP) is 2.67. The first-order valence-corrected chi connectivity index (χ1v) is 9.73. The third-order valence-electron chi connectivity index (χ3n) is 5.04. The topological polar surface area (TPSA) is 52.6 Å². The monoisotopic (exact) mass is 367 g/mol. The molecule has 3 rings (SSSR count). The molecule has 1 aliphatic rings. The van der Waals surface area contributed by atoms with Crippen LogP contribution in [0, 0.1) is 0 Å². The van der Waals surface area contributed by atoms with Gasteiger partial charge in [0.05, 0.1) is 0 Å². The zero-order chi connectivity index (χ0) is 19.2. The van der Waals surface area contributed by atoms with Gasteiger partial charge in [-0.3, -0.25) is 4.79 Å². The summed E-state index contributed by atoms with van der Waals surface area (Å²) in [6, 6.07) is 11.9. The normalized spacial score (nSPS) is 15.2. The van der Waals surface area contributed by atoms with Crippen molar-refractivity contribution in [1.29, 1.82) is 0 Å². The van der Waals surface area contributed by atoms with E-state index in [0.717, 1.165) is 38.3 Å². The Morgan fingerprint density at radius 2 is 1.81 bits per heavy atom. The minimum Gasteiger partial charge on any atom is -0.338 e. The maximum atomic E-state index is 13.1. The van der Waals surface area contributed by atoms with Crippen LogP contribution in [-0.4, -0.2) is 64.4 Å². The highest BCUT2D eigenvalue weighted by atomic mass is 16.2. The van der Waals surface area contributed by atoms with Crippen molar-refractivity contribution in [2.75, 3.05) is 37.6 Å². The Morgan fingerprint density at radius 3 is 2.44 bits per heavy atom. The highest BCUT2D eigenvalue weighted by Gasteiger charge is 2.23. The number of rotatable bonds is 6. The maximum absolute atomic E-state index is 13.1. The molecule has 0 spiro atoms. The van der Waals surface area contributed by atoms with Crippen molar-refractivity contribution in [3.8, 4) is 0 Å². The van der Waals surface area contributed by atoms with E-state index in [1.54, 1.807) is 12.3 Å². The maximum Gasteiger partial charge on any atom is 0.273 e. The molecule has 0 atom stereocenters. The third kappa shape index (κ3) is 4.83. The second-order valence-electron chi connectivity index (χ2n) is 7.18. The second kappa shape index (κ2) is 8.95. The highest BCUT2D eigenvalue weighted by molar-refractivity contribution is 5.92. The molecule has 1 fully saturated rings. The number of hydrogen-bond donors (Lipinski definition) is 0. The molecule has 1 saturated heterocycles. The molecule has 1 aromatic carbocycles. The molecule has 6 nitrogen and oxygen atoms in total. The van der Waals surface area contributed by atoms with Crippen molar-refractivity contribution in [2.24, 2.45) is 0 Å². The largest absolute Gasteiger partial charge is 0.338 e. The standard InChI is InChI=1S/C21H29N5O/c1-4-24-12-14-25(15-13-24)21-22-11-10-19(23-21)20(27)26(17(2)3)16-18-8-6-5-7-9-18/h5-11,17H,4,12-16H2,1-3H3. The molecule has 0 unspecified atom stereocenters. The summed E-state index contributed by atoms with van der Waals surface area (Å²) < 4.78 is 0. The third-order valence-corrected chi connectivity index (χ3v) is 5.04. The summed E-state index contributed by atoms with van der Waals surface area (Å²) in [6.07, 6.45) is 1.70. The molecule has 1 aliphatic heterocycles. The van der Waals surface area contributed by atoms with Crippen molar-refractivity contribution in [3.63, 3.8) is 0 Å². The zero-order valence-electron chi connectivity index (χ0n) is 16.5. The van der Waals surface area contributed by atoms with E-state index in [0.29, 0.717) is 18.2 Å². The molecule has 0 saturated carbocycles. The van der Waals surface area contributed by atoms with Gasteiger partial charge in [0.2, 0.25) is 5.95 Å². The van der Waals surface area contributed by atoms with Gasteiger partial charge in [0, 0.05) is 45.0 Å². The smallest absolute Gasteiger partial charge is 0.273 e. The summed E-state index contributed by atoms with van der Waals surface area (Å²) in [6.45, 7) is 11.7. The van der Waals surface area contributed by atoms with Crippen LogP contribution in [-0.2, 0) is 6.54 Å². The molecule has 27 heavy (non-hydrogen) atoms. The van der Waals surface area contributed by atoms with Gasteiger partial charge in [0.1, 0.15) is 5.69 Å². The van der Waals surface area contributed by atoms with Crippen molar-refractivity contribution in [3.05, 3.63) is 53.9 Å². The predicted molar refractivity (Wildman–Crippen MR) is 108 cm³/mol. The van der Waals surface area contributed by atoms with Crippen LogP contribution in [0.5, 0.6) is 0 Å². The van der Waals surface area contributed by atoms with Gasteiger partial charge in [0.25, 0.3) is 5.91 Å². The highest BCUT2D eigenvalue weighted by Crippen LogP contribution is 2.15. The summed E-state index contributed by atoms with van der Waals surface area (Å²) >= 11 is 0. The van der Waals surface area contributed by atoms with Gasteiger partial charge in [0.15, 0.2) is 0 Å². The summed E-state index contributed by atoms with van der Waals surface area (Å²) in [4.78, 5) is 28.6. The summed E-state index contributed by atoms with van der Waals surface area (Å²) in [5.74, 6) is 0.602. The average Bonchev–Trinajstić information content (AvgIpc) is 2.72. The second-order valence-corrected chi connectivity index (χ2v) is 7.18. The SMILES string of the molecule is CCN1CCN(c2nccc(C(=O)N(Cc3ccccc3)C(C)C)n2)CC1. The molecule has 144 valence electrons. The summed E-state index contributed by atoms with van der Waals surface area (Å²) in [7, 11) is 0. The first kappa shape index (κ1) is 19.3. The van der Waals surface area contributed by atoms with Gasteiger partial charge in [-0.05, 0) is 32.0 Å². The number of benzene rings is 1. The molecule has 2 aromatic rings. The van der Waals surface area contributed by atoms with Crippen LogP contribution in [0.3, 0.4) is 0 Å². The van der Waals surface area contributed by atoms with Crippen LogP contribution < -0.4 is 4.90 Å². The number of nitrogens with zero attached hydrogens (tertiary/aromatic N) is 5. The first-order chi connectivity index (χ1) is 13.1. The zero-order valence-corrected chi connectivity index (χ0v) is 16.5. The lowest BCUT2D eigenvalue weighted by Crippen LogP contribution is -2.47. The van der Waals surface area contributed by atoms with Crippen molar-refractivity contribution in [2.45, 2.75) is 33.4 Å². The lowest BCUT2D eigenvalue weighted by Gasteiger charge is -2.34. The lowest BCUT2D eigenvalue weighted by atomic mass is 10.1. The molecule has 0 N–H and O–H groups in total. The van der Waals surface area contributed by atoms with Crippen LogP contribution in [0.2, 0.25) is 0 Å². The van der Waals surface area contributed by atoms with Gasteiger partial charge >= 0.3 is 0 Å². The number of piperazine rings is 1. The molecule has 1 aromatic heterocycles. The number of anilines is 1. The fourth-order valence-electron chi connectivity index (χ4n) is 3.30. The minimum absolute atomic E-state index is 0.0512. The van der Waals surface area contributed by atoms with E-state index in [4.69, 9.17) is 0 Å². The molecule has 0 aliphatic carbocycles. The molecular formula is C21H29N5O. The van der Waals surface area contributed by atoms with Crippen molar-refractivity contribution in [1.82, 2.24) is 19.8 Å². The van der Waals surface area contributed by atoms with Crippen LogP contribution in [0.25, 0.3) is 0 Å². The van der Waals surface area contributed by atoms with E-state index in [2.05, 4.69) is 26.7 Å². The average molecular weight is 367 g/mol. The quantitative estimate of drug-likeness (QED) is 0.786. The number of carbonyl (C=O) groups is 1. The van der Waals surface area contributed by atoms with Crippen molar-refractivity contribution >= 4 is 11.9 Å². The Labute approximate surface area is 161 Å². The van der Waals surface area contributed by atoms with E-state index in [1.807, 2.05) is 49.1 Å². The molecule has 6 heteroatoms. The molecule has 1 amide bonds. The van der Waals surface area contributed by atoms with Gasteiger partial charge in [-0.25, -0.2) is 9.97 Å².